The van der Waals surface area contributed by atoms with Crippen LogP contribution in [0.15, 0.2) is 39.5 Å². The number of aliphatic hydroxyl groups excluding tert-OH is 6. The van der Waals surface area contributed by atoms with Crippen LogP contribution in [-0.4, -0.2) is 130 Å². The van der Waals surface area contributed by atoms with E-state index in [0.29, 0.717) is 6.07 Å². The van der Waals surface area contributed by atoms with Crippen LogP contribution in [0.1, 0.15) is 0 Å². The maximum atomic E-state index is 13.0. The molecule has 1 aromatic heterocycles. The number of carboxylic acid groups (broad SMARTS) is 2. The van der Waals surface area contributed by atoms with Gasteiger partial charge in [-0.05, 0) is 18.2 Å². The fourth-order valence-electron chi connectivity index (χ4n) is 4.85. The molecular weight excluding hydrogens is 628 g/mol. The van der Waals surface area contributed by atoms with E-state index in [9.17, 15) is 70.6 Å². The lowest BCUT2D eigenvalue weighted by molar-refractivity contribution is -0.271. The molecule has 0 amide bonds. The minimum absolute atomic E-state index is 0.0555. The summed E-state index contributed by atoms with van der Waals surface area (Å²) in [6.07, 6.45) is -20.1. The number of aliphatic carboxylic acids is 2. The summed E-state index contributed by atoms with van der Waals surface area (Å²) in [6, 6.07) is 4.78. The number of aliphatic hydroxyl groups is 6. The third-order valence-electron chi connectivity index (χ3n) is 7.26. The molecule has 2 aromatic carbocycles. The first kappa shape index (κ1) is 32.7. The minimum Gasteiger partial charge on any atom is -0.507 e. The summed E-state index contributed by atoms with van der Waals surface area (Å²) in [4.78, 5) is 35.8. The van der Waals surface area contributed by atoms with E-state index >= 15 is 0 Å². The number of carbonyl (C=O) groups is 2. The van der Waals surface area contributed by atoms with E-state index < -0.39 is 118 Å². The molecule has 3 heterocycles. The fraction of sp³-hybridized carbons (Fsp3) is 0.370. The number of phenolic OH excluding ortho intramolecular Hbond substituents is 3. The Hall–Kier alpha value is -4.73. The summed E-state index contributed by atoms with van der Waals surface area (Å²) in [5.41, 5.74) is -1.64. The second-order valence-electron chi connectivity index (χ2n) is 10.3. The van der Waals surface area contributed by atoms with Crippen molar-refractivity contribution in [2.24, 2.45) is 0 Å². The van der Waals surface area contributed by atoms with Crippen LogP contribution >= 0.6 is 0 Å². The lowest BCUT2D eigenvalue weighted by Crippen LogP contribution is -2.61. The van der Waals surface area contributed by atoms with Gasteiger partial charge in [-0.3, -0.25) is 4.79 Å². The van der Waals surface area contributed by atoms with Crippen molar-refractivity contribution in [2.45, 2.75) is 61.4 Å². The summed E-state index contributed by atoms with van der Waals surface area (Å²) in [6.45, 7) is 0. The number of benzene rings is 2. The molecule has 0 radical (unpaired) electrons. The van der Waals surface area contributed by atoms with Crippen molar-refractivity contribution in [3.05, 3.63) is 40.6 Å². The largest absolute Gasteiger partial charge is 0.507 e. The van der Waals surface area contributed by atoms with Crippen LogP contribution in [0.4, 0.5) is 0 Å². The Bertz CT molecular complexity index is 1720. The van der Waals surface area contributed by atoms with Crippen molar-refractivity contribution in [3.63, 3.8) is 0 Å². The zero-order valence-corrected chi connectivity index (χ0v) is 22.8. The van der Waals surface area contributed by atoms with E-state index in [-0.39, 0.29) is 11.3 Å². The minimum atomic E-state index is -2.08. The fourth-order valence-corrected chi connectivity index (χ4v) is 4.85. The van der Waals surface area contributed by atoms with E-state index in [2.05, 4.69) is 0 Å². The molecule has 0 spiro atoms. The van der Waals surface area contributed by atoms with Crippen molar-refractivity contribution in [1.29, 1.82) is 0 Å². The van der Waals surface area contributed by atoms with Crippen LogP contribution in [0.3, 0.4) is 0 Å². The molecule has 19 heteroatoms. The van der Waals surface area contributed by atoms with Crippen molar-refractivity contribution in [1.82, 2.24) is 0 Å². The first-order chi connectivity index (χ1) is 21.6. The monoisotopic (exact) mass is 654 g/mol. The first-order valence-corrected chi connectivity index (χ1v) is 13.1. The Balaban J connectivity index is 1.49. The van der Waals surface area contributed by atoms with Crippen LogP contribution in [0, 0.1) is 0 Å². The molecule has 0 bridgehead atoms. The predicted molar refractivity (Wildman–Crippen MR) is 143 cm³/mol. The van der Waals surface area contributed by atoms with Crippen molar-refractivity contribution < 1.29 is 89.1 Å². The van der Waals surface area contributed by atoms with Gasteiger partial charge in [0.1, 0.15) is 53.5 Å². The molecule has 2 aliphatic heterocycles. The highest BCUT2D eigenvalue weighted by Gasteiger charge is 2.49. The van der Waals surface area contributed by atoms with Gasteiger partial charge in [0.05, 0.1) is 0 Å². The lowest BCUT2D eigenvalue weighted by atomic mass is 9.99. The molecule has 46 heavy (non-hydrogen) atoms. The molecule has 0 saturated carbocycles. The smallest absolute Gasteiger partial charge is 0.335 e. The average molecular weight is 654 g/mol. The van der Waals surface area contributed by atoms with Gasteiger partial charge in [-0.1, -0.05) is 0 Å². The van der Waals surface area contributed by atoms with Crippen LogP contribution < -0.4 is 14.9 Å². The molecule has 2 fully saturated rings. The van der Waals surface area contributed by atoms with E-state index in [1.165, 1.54) is 6.07 Å². The zero-order chi connectivity index (χ0) is 33.8. The van der Waals surface area contributed by atoms with Crippen molar-refractivity contribution in [2.75, 3.05) is 0 Å². The molecule has 19 nitrogen and oxygen atoms in total. The molecule has 2 saturated heterocycles. The number of phenols is 3. The second-order valence-corrected chi connectivity index (χ2v) is 10.3. The van der Waals surface area contributed by atoms with Crippen molar-refractivity contribution in [3.8, 4) is 40.1 Å². The number of carboxylic acids is 2. The van der Waals surface area contributed by atoms with E-state index in [4.69, 9.17) is 23.4 Å². The summed E-state index contributed by atoms with van der Waals surface area (Å²) in [7, 11) is 0. The van der Waals surface area contributed by atoms with Gasteiger partial charge in [-0.15, -0.1) is 0 Å². The molecule has 10 atom stereocenters. The quantitative estimate of drug-likeness (QED) is 0.122. The number of rotatable bonds is 7. The van der Waals surface area contributed by atoms with Gasteiger partial charge in [0.2, 0.25) is 18.3 Å². The summed E-state index contributed by atoms with van der Waals surface area (Å²) in [5.74, 6) is -7.27. The molecule has 2 aliphatic rings. The number of fused-ring (bicyclic) bond motifs is 1. The molecule has 3 aromatic rings. The number of ether oxygens (including phenoxy) is 4. The van der Waals surface area contributed by atoms with Gasteiger partial charge in [-0.2, -0.15) is 0 Å². The average Bonchev–Trinajstić information content (AvgIpc) is 2.99. The van der Waals surface area contributed by atoms with Gasteiger partial charge in [0, 0.05) is 17.7 Å². The molecule has 248 valence electrons. The third-order valence-corrected chi connectivity index (χ3v) is 7.26. The highest BCUT2D eigenvalue weighted by Crippen LogP contribution is 2.43. The standard InChI is InChI=1S/C27H26O19/c28-7-3-6(1-2-11(7)43-26-18(36)14(32)16(34)22(45-26)24(38)39)12-5-9(30)13-8(29)4-10(31)20(21(13)42-12)44-27-19(37)15(33)17(35)23(46-27)25(40)41/h1-5,14-19,22-23,26-29,31-37H,(H,38,39)(H,40,41)/t14-,15+,16+,17+,18-,19-,22+,23-,26-,27-/m1/s1. The van der Waals surface area contributed by atoms with E-state index in [1.807, 2.05) is 0 Å². The molecule has 0 aliphatic carbocycles. The van der Waals surface area contributed by atoms with Gasteiger partial charge in [0.15, 0.2) is 40.5 Å². The first-order valence-electron chi connectivity index (χ1n) is 13.1. The molecule has 11 N–H and O–H groups in total. The van der Waals surface area contributed by atoms with E-state index in [1.54, 1.807) is 0 Å². The Morgan fingerprint density at radius 2 is 1.20 bits per heavy atom. The van der Waals surface area contributed by atoms with Crippen LogP contribution in [0.5, 0.6) is 28.7 Å². The van der Waals surface area contributed by atoms with Crippen LogP contribution in [-0.2, 0) is 19.1 Å². The van der Waals surface area contributed by atoms with Gasteiger partial charge < -0.3 is 79.5 Å². The van der Waals surface area contributed by atoms with Gasteiger partial charge in [0.25, 0.3) is 0 Å². The Kier molecular flexibility index (Phi) is 8.68. The Morgan fingerprint density at radius 3 is 1.72 bits per heavy atom. The number of aromatic hydroxyl groups is 3. The van der Waals surface area contributed by atoms with Gasteiger partial charge in [-0.25, -0.2) is 9.59 Å². The normalized spacial score (nSPS) is 31.3. The SMILES string of the molecule is O=C(O)[C@H]1O[C@@H](Oc2ccc(-c3cc(=O)c4c(O)cc(O)c(O[C@@H]5O[C@@H](C(=O)O)[C@@H](O)[C@H](O)[C@H]5O)c4o3)cc2O)[C@H](O)[C@H](O)[C@@H]1O. The molecular formula is C27H26O19. The van der Waals surface area contributed by atoms with Crippen LogP contribution in [0.2, 0.25) is 0 Å². The predicted octanol–water partition coefficient (Wildman–Crippen LogP) is -2.88. The molecule has 5 rings (SSSR count). The van der Waals surface area contributed by atoms with E-state index in [0.717, 1.165) is 18.2 Å². The number of hydrogen-bond donors (Lipinski definition) is 11. The third kappa shape index (κ3) is 5.72. The Morgan fingerprint density at radius 1 is 0.652 bits per heavy atom. The topological polar surface area (TPSA) is 324 Å². The number of hydrogen-bond acceptors (Lipinski definition) is 17. The van der Waals surface area contributed by atoms with Crippen molar-refractivity contribution >= 4 is 22.9 Å². The summed E-state index contributed by atoms with van der Waals surface area (Å²) >= 11 is 0. The highest BCUT2D eigenvalue weighted by molar-refractivity contribution is 5.91. The highest BCUT2D eigenvalue weighted by atomic mass is 16.7. The van der Waals surface area contributed by atoms with Crippen LogP contribution in [0.25, 0.3) is 22.3 Å². The Labute approximate surface area is 254 Å². The maximum Gasteiger partial charge on any atom is 0.335 e. The van der Waals surface area contributed by atoms with Gasteiger partial charge >= 0.3 is 11.9 Å². The summed E-state index contributed by atoms with van der Waals surface area (Å²) < 4.78 is 26.5. The zero-order valence-electron chi connectivity index (χ0n) is 22.8. The molecule has 0 unspecified atom stereocenters. The second kappa shape index (κ2) is 12.2. The lowest BCUT2D eigenvalue weighted by Gasteiger charge is -2.38. The maximum absolute atomic E-state index is 13.0. The summed E-state index contributed by atoms with van der Waals surface area (Å²) in [5, 5.41) is 110.